The van der Waals surface area contributed by atoms with E-state index >= 15 is 0 Å². The molecule has 0 bridgehead atoms. The molecule has 0 radical (unpaired) electrons. The van der Waals surface area contributed by atoms with Crippen LogP contribution in [-0.4, -0.2) is 46.9 Å². The van der Waals surface area contributed by atoms with E-state index in [9.17, 15) is 9.90 Å². The molecule has 112 valence electrons. The van der Waals surface area contributed by atoms with Crippen molar-refractivity contribution in [2.45, 2.75) is 51.4 Å². The monoisotopic (exact) mass is 274 g/mol. The molecular formula is C12H27BN2O4. The summed E-state index contributed by atoms with van der Waals surface area (Å²) in [6.45, 7) is 5.58. The van der Waals surface area contributed by atoms with Gasteiger partial charge in [0.2, 0.25) is 0 Å². The predicted octanol–water partition coefficient (Wildman–Crippen LogP) is 0.0473. The Balaban J connectivity index is 4.01. The molecule has 0 aromatic rings. The Hall–Kier alpha value is -0.625. The number of nitrogens with one attached hydrogen (secondary N) is 1. The molecule has 0 saturated heterocycles. The van der Waals surface area contributed by atoms with Crippen molar-refractivity contribution >= 4 is 13.1 Å². The number of nitrogens with two attached hydrogens (primary N) is 1. The molecule has 0 aromatic heterocycles. The summed E-state index contributed by atoms with van der Waals surface area (Å²) in [7, 11) is -1.33. The lowest BCUT2D eigenvalue weighted by molar-refractivity contribution is -0.143. The minimum Gasteiger partial charge on any atom is -0.480 e. The van der Waals surface area contributed by atoms with E-state index in [1.807, 2.05) is 0 Å². The van der Waals surface area contributed by atoms with Gasteiger partial charge in [0.15, 0.2) is 0 Å². The highest BCUT2D eigenvalue weighted by Crippen LogP contribution is 2.17. The number of carbonyl (C=O) groups is 1. The van der Waals surface area contributed by atoms with E-state index < -0.39 is 18.6 Å². The molecule has 7 heteroatoms. The molecule has 6 nitrogen and oxygen atoms in total. The maximum absolute atomic E-state index is 11.2. The normalized spacial score (nSPS) is 14.4. The summed E-state index contributed by atoms with van der Waals surface area (Å²) in [6.07, 6.45) is 2.10. The maximum Gasteiger partial charge on any atom is 0.451 e. The van der Waals surface area contributed by atoms with E-state index in [2.05, 4.69) is 19.2 Å². The average Bonchev–Trinajstić information content (AvgIpc) is 2.29. The fourth-order valence-electron chi connectivity index (χ4n) is 1.81. The third-order valence-electron chi connectivity index (χ3n) is 3.06. The Morgan fingerprint density at radius 1 is 1.32 bits per heavy atom. The third-order valence-corrected chi connectivity index (χ3v) is 3.06. The van der Waals surface area contributed by atoms with Crippen LogP contribution in [0.3, 0.4) is 0 Å². The number of carboxylic acid groups (broad SMARTS) is 1. The van der Waals surface area contributed by atoms with Gasteiger partial charge in [0.25, 0.3) is 0 Å². The number of hydrogen-bond donors (Lipinski definition) is 5. The summed E-state index contributed by atoms with van der Waals surface area (Å²) in [5.74, 6) is -0.480. The molecule has 0 aliphatic rings. The lowest BCUT2D eigenvalue weighted by atomic mass is 9.81. The van der Waals surface area contributed by atoms with Crippen LogP contribution in [0.1, 0.15) is 39.5 Å². The summed E-state index contributed by atoms with van der Waals surface area (Å²) >= 11 is 0. The zero-order valence-corrected chi connectivity index (χ0v) is 11.9. The third kappa shape index (κ3) is 8.99. The van der Waals surface area contributed by atoms with E-state index in [1.165, 1.54) is 0 Å². The highest BCUT2D eigenvalue weighted by Gasteiger charge is 2.32. The van der Waals surface area contributed by atoms with Gasteiger partial charge in [-0.3, -0.25) is 4.79 Å². The molecule has 0 heterocycles. The van der Waals surface area contributed by atoms with Gasteiger partial charge in [-0.2, -0.15) is 0 Å². The van der Waals surface area contributed by atoms with Crippen molar-refractivity contribution in [3.05, 3.63) is 0 Å². The van der Waals surface area contributed by atoms with Gasteiger partial charge in [-0.05, 0) is 38.2 Å². The fraction of sp³-hybridized carbons (Fsp3) is 0.917. The quantitative estimate of drug-likeness (QED) is 0.268. The van der Waals surface area contributed by atoms with Gasteiger partial charge in [0, 0.05) is 0 Å². The van der Waals surface area contributed by atoms with Crippen LogP contribution >= 0.6 is 0 Å². The molecule has 1 atom stereocenters. The molecule has 0 spiro atoms. The van der Waals surface area contributed by atoms with Gasteiger partial charge in [0.05, 0.1) is 0 Å². The van der Waals surface area contributed by atoms with Gasteiger partial charge in [-0.25, -0.2) is 0 Å². The van der Waals surface area contributed by atoms with E-state index in [1.54, 1.807) is 0 Å². The van der Waals surface area contributed by atoms with Crippen molar-refractivity contribution in [3.63, 3.8) is 0 Å². The molecule has 0 aliphatic heterocycles. The number of rotatable bonds is 11. The number of unbranched alkanes of at least 4 members (excludes halogenated alkanes) is 1. The maximum atomic E-state index is 11.2. The number of aliphatic carboxylic acids is 1. The van der Waals surface area contributed by atoms with Crippen molar-refractivity contribution < 1.29 is 19.9 Å². The van der Waals surface area contributed by atoms with E-state index in [-0.39, 0.29) is 6.32 Å². The molecule has 6 N–H and O–H groups in total. The molecule has 0 unspecified atom stereocenters. The number of carboxylic acids is 1. The van der Waals surface area contributed by atoms with E-state index in [0.717, 1.165) is 6.54 Å². The lowest BCUT2D eigenvalue weighted by Crippen LogP contribution is -2.50. The smallest absolute Gasteiger partial charge is 0.451 e. The Morgan fingerprint density at radius 2 is 1.95 bits per heavy atom. The second kappa shape index (κ2) is 9.31. The molecule has 0 aromatic carbocycles. The second-order valence-corrected chi connectivity index (χ2v) is 5.54. The summed E-state index contributed by atoms with van der Waals surface area (Å²) in [6, 6.07) is 0. The first-order valence-electron chi connectivity index (χ1n) is 6.87. The summed E-state index contributed by atoms with van der Waals surface area (Å²) in [5, 5.41) is 29.8. The molecule has 0 amide bonds. The van der Waals surface area contributed by atoms with Crippen LogP contribution in [0.15, 0.2) is 0 Å². The highest BCUT2D eigenvalue weighted by atomic mass is 16.4. The van der Waals surface area contributed by atoms with Crippen LogP contribution in [0.4, 0.5) is 0 Å². The van der Waals surface area contributed by atoms with Crippen molar-refractivity contribution in [3.8, 4) is 0 Å². The average molecular weight is 274 g/mol. The van der Waals surface area contributed by atoms with Crippen LogP contribution in [0.2, 0.25) is 6.32 Å². The number of hydrogen-bond acceptors (Lipinski definition) is 5. The Labute approximate surface area is 115 Å². The van der Waals surface area contributed by atoms with Gasteiger partial charge >= 0.3 is 13.1 Å². The van der Waals surface area contributed by atoms with Crippen LogP contribution in [0.25, 0.3) is 0 Å². The van der Waals surface area contributed by atoms with Crippen LogP contribution < -0.4 is 11.1 Å². The largest absolute Gasteiger partial charge is 0.480 e. The summed E-state index contributed by atoms with van der Waals surface area (Å²) in [4.78, 5) is 11.2. The highest BCUT2D eigenvalue weighted by molar-refractivity contribution is 6.40. The molecule has 19 heavy (non-hydrogen) atoms. The Bertz CT molecular complexity index is 246. The summed E-state index contributed by atoms with van der Waals surface area (Å²) in [5.41, 5.74) is 4.68. The van der Waals surface area contributed by atoms with Crippen LogP contribution in [0, 0.1) is 5.92 Å². The van der Waals surface area contributed by atoms with Crippen molar-refractivity contribution in [1.82, 2.24) is 5.32 Å². The van der Waals surface area contributed by atoms with Crippen molar-refractivity contribution in [2.24, 2.45) is 11.7 Å². The zero-order valence-electron chi connectivity index (χ0n) is 11.9. The minimum atomic E-state index is -1.33. The molecule has 0 saturated carbocycles. The lowest BCUT2D eigenvalue weighted by Gasteiger charge is -2.25. The molecule has 0 aliphatic carbocycles. The fourth-order valence-corrected chi connectivity index (χ4v) is 1.81. The van der Waals surface area contributed by atoms with Crippen LogP contribution in [-0.2, 0) is 4.79 Å². The first-order chi connectivity index (χ1) is 8.78. The van der Waals surface area contributed by atoms with Gasteiger partial charge in [0.1, 0.15) is 5.54 Å². The summed E-state index contributed by atoms with van der Waals surface area (Å²) < 4.78 is 0. The first-order valence-corrected chi connectivity index (χ1v) is 6.87. The van der Waals surface area contributed by atoms with Gasteiger partial charge in [-0.1, -0.05) is 26.7 Å². The first kappa shape index (κ1) is 18.4. The van der Waals surface area contributed by atoms with E-state index in [0.29, 0.717) is 38.1 Å². The van der Waals surface area contributed by atoms with Crippen molar-refractivity contribution in [2.75, 3.05) is 13.1 Å². The SMILES string of the molecule is CC(C)CNCC[C@](N)(CCCCB(O)O)C(=O)O. The minimum absolute atomic E-state index is 0.251. The van der Waals surface area contributed by atoms with E-state index in [4.69, 9.17) is 15.8 Å². The van der Waals surface area contributed by atoms with Crippen LogP contribution in [0.5, 0.6) is 0 Å². The zero-order chi connectivity index (χ0) is 14.9. The molecular weight excluding hydrogens is 247 g/mol. The van der Waals surface area contributed by atoms with Crippen molar-refractivity contribution in [1.29, 1.82) is 0 Å². The van der Waals surface area contributed by atoms with Gasteiger partial charge < -0.3 is 26.2 Å². The van der Waals surface area contributed by atoms with Gasteiger partial charge in [-0.15, -0.1) is 0 Å². The molecule has 0 fully saturated rings. The standard InChI is InChI=1S/C12H27BN2O4/c1-10(2)9-15-8-6-12(14,11(16)17)5-3-4-7-13(18)19/h10,15,18-19H,3-9,14H2,1-2H3,(H,16,17)/t12-/m1/s1. The Morgan fingerprint density at radius 3 is 2.42 bits per heavy atom. The predicted molar refractivity (Wildman–Crippen MR) is 75.7 cm³/mol. The topological polar surface area (TPSA) is 116 Å². The molecule has 0 rings (SSSR count). The Kier molecular flexibility index (Phi) is 9.00. The second-order valence-electron chi connectivity index (χ2n) is 5.54.